The Bertz CT molecular complexity index is 1420. The average molecular weight is 393 g/mol. The van der Waals surface area contributed by atoms with E-state index in [0.717, 1.165) is 22.5 Å². The first-order valence-electron chi connectivity index (χ1n) is 9.73. The van der Waals surface area contributed by atoms with E-state index < -0.39 is 0 Å². The van der Waals surface area contributed by atoms with Crippen LogP contribution >= 0.6 is 0 Å². The van der Waals surface area contributed by atoms with E-state index in [4.69, 9.17) is 4.98 Å². The highest BCUT2D eigenvalue weighted by atomic mass is 16.2. The molecule has 5 heteroatoms. The third kappa shape index (κ3) is 2.67. The molecule has 2 heterocycles. The quantitative estimate of drug-likeness (QED) is 0.480. The van der Waals surface area contributed by atoms with Gasteiger partial charge in [-0.15, -0.1) is 0 Å². The zero-order chi connectivity index (χ0) is 20.8. The molecule has 0 bridgehead atoms. The van der Waals surface area contributed by atoms with Crippen molar-refractivity contribution in [3.05, 3.63) is 100 Å². The van der Waals surface area contributed by atoms with Gasteiger partial charge in [-0.3, -0.25) is 14.2 Å². The molecular weight excluding hydrogens is 374 g/mol. The maximum Gasteiger partial charge on any atom is 0.266 e. The Morgan fingerprint density at radius 3 is 2.30 bits per heavy atom. The van der Waals surface area contributed by atoms with Crippen LogP contribution in [-0.2, 0) is 4.79 Å². The summed E-state index contributed by atoms with van der Waals surface area (Å²) in [5, 5.41) is 0.540. The lowest BCUT2D eigenvalue weighted by molar-refractivity contribution is -0.112. The van der Waals surface area contributed by atoms with E-state index in [9.17, 15) is 9.59 Å². The van der Waals surface area contributed by atoms with Crippen LogP contribution in [0, 0.1) is 6.92 Å². The Kier molecular flexibility index (Phi) is 4.10. The first-order valence-corrected chi connectivity index (χ1v) is 9.73. The van der Waals surface area contributed by atoms with Crippen molar-refractivity contribution in [2.75, 3.05) is 11.9 Å². The predicted octanol–water partition coefficient (Wildman–Crippen LogP) is 4.21. The lowest BCUT2D eigenvalue weighted by Gasteiger charge is -2.14. The molecule has 146 valence electrons. The molecule has 0 N–H and O–H groups in total. The van der Waals surface area contributed by atoms with Crippen molar-refractivity contribution in [3.8, 4) is 5.69 Å². The van der Waals surface area contributed by atoms with Gasteiger partial charge in [0, 0.05) is 12.6 Å². The molecule has 5 rings (SSSR count). The number of aryl methyl sites for hydroxylation is 1. The number of hydrogen-bond donors (Lipinski definition) is 0. The number of fused-ring (bicyclic) bond motifs is 2. The Labute approximate surface area is 173 Å². The van der Waals surface area contributed by atoms with Crippen molar-refractivity contribution >= 4 is 34.1 Å². The van der Waals surface area contributed by atoms with Crippen LogP contribution in [0.1, 0.15) is 17.0 Å². The van der Waals surface area contributed by atoms with Gasteiger partial charge in [-0.05, 0) is 42.8 Å². The van der Waals surface area contributed by atoms with Crippen LogP contribution in [0.5, 0.6) is 0 Å². The highest BCUT2D eigenvalue weighted by Crippen LogP contribution is 2.36. The lowest BCUT2D eigenvalue weighted by Crippen LogP contribution is -2.24. The number of benzene rings is 3. The highest BCUT2D eigenvalue weighted by molar-refractivity contribution is 6.35. The van der Waals surface area contributed by atoms with Gasteiger partial charge in [0.15, 0.2) is 0 Å². The molecule has 0 saturated carbocycles. The van der Waals surface area contributed by atoms with Crippen LogP contribution in [0.25, 0.3) is 28.2 Å². The smallest absolute Gasteiger partial charge is 0.266 e. The Morgan fingerprint density at radius 1 is 0.833 bits per heavy atom. The minimum atomic E-state index is -0.158. The molecule has 0 radical (unpaired) electrons. The number of likely N-dealkylation sites (N-methyl/N-ethyl adjacent to an activating group) is 1. The van der Waals surface area contributed by atoms with Crippen molar-refractivity contribution in [3.63, 3.8) is 0 Å². The summed E-state index contributed by atoms with van der Waals surface area (Å²) in [4.78, 5) is 32.8. The van der Waals surface area contributed by atoms with Gasteiger partial charge in [0.2, 0.25) is 0 Å². The van der Waals surface area contributed by atoms with Gasteiger partial charge in [0.1, 0.15) is 5.82 Å². The molecule has 1 amide bonds. The molecule has 5 nitrogen and oxygen atoms in total. The molecule has 0 spiro atoms. The van der Waals surface area contributed by atoms with Gasteiger partial charge in [0.05, 0.1) is 27.9 Å². The Hall–Kier alpha value is -3.99. The summed E-state index contributed by atoms with van der Waals surface area (Å²) in [5.74, 6) is 0.316. The van der Waals surface area contributed by atoms with Gasteiger partial charge >= 0.3 is 0 Å². The zero-order valence-corrected chi connectivity index (χ0v) is 16.7. The van der Waals surface area contributed by atoms with Crippen LogP contribution in [0.2, 0.25) is 0 Å². The third-order valence-electron chi connectivity index (χ3n) is 5.52. The maximum atomic E-state index is 13.5. The zero-order valence-electron chi connectivity index (χ0n) is 16.7. The van der Waals surface area contributed by atoms with Crippen molar-refractivity contribution in [1.29, 1.82) is 0 Å². The molecule has 4 aromatic rings. The number of anilines is 1. The number of amides is 1. The van der Waals surface area contributed by atoms with Crippen LogP contribution in [-0.4, -0.2) is 22.5 Å². The highest BCUT2D eigenvalue weighted by Gasteiger charge is 2.29. The number of para-hydroxylation sites is 3. The fraction of sp³-hybridized carbons (Fsp3) is 0.0800. The number of carbonyl (C=O) groups is 1. The summed E-state index contributed by atoms with van der Waals surface area (Å²) in [6.07, 6.45) is 1.73. The number of carbonyl (C=O) groups excluding carboxylic acids is 1. The molecule has 1 aliphatic heterocycles. The SMILES string of the molecule is Cc1ccccc1-n1c(C=C2C(=O)N(C)c3ccccc32)nc2ccccc2c1=O. The first-order chi connectivity index (χ1) is 14.6. The van der Waals surface area contributed by atoms with Crippen LogP contribution in [0.3, 0.4) is 0 Å². The first kappa shape index (κ1) is 18.1. The third-order valence-corrected chi connectivity index (χ3v) is 5.52. The van der Waals surface area contributed by atoms with Gasteiger partial charge in [-0.1, -0.05) is 48.5 Å². The predicted molar refractivity (Wildman–Crippen MR) is 120 cm³/mol. The summed E-state index contributed by atoms with van der Waals surface area (Å²) >= 11 is 0. The molecule has 0 unspecified atom stereocenters. The van der Waals surface area contributed by atoms with Crippen molar-refractivity contribution < 1.29 is 4.79 Å². The van der Waals surface area contributed by atoms with Crippen LogP contribution < -0.4 is 10.5 Å². The standard InChI is InChI=1S/C25H19N3O2/c1-16-9-3-7-13-21(16)28-23(26-20-12-6-4-11-18(20)25(28)30)15-19-17-10-5-8-14-22(17)27(2)24(19)29/h3-15H,1-2H3. The van der Waals surface area contributed by atoms with Crippen molar-refractivity contribution in [2.45, 2.75) is 6.92 Å². The maximum absolute atomic E-state index is 13.5. The van der Waals surface area contributed by atoms with E-state index in [1.54, 1.807) is 28.7 Å². The summed E-state index contributed by atoms with van der Waals surface area (Å²) < 4.78 is 1.60. The average Bonchev–Trinajstić information content (AvgIpc) is 3.00. The normalized spacial score (nSPS) is 14.5. The van der Waals surface area contributed by atoms with E-state index in [1.807, 2.05) is 73.7 Å². The second-order valence-electron chi connectivity index (χ2n) is 7.35. The molecule has 3 aromatic carbocycles. The van der Waals surface area contributed by atoms with Crippen LogP contribution in [0.4, 0.5) is 5.69 Å². The van der Waals surface area contributed by atoms with Crippen molar-refractivity contribution in [1.82, 2.24) is 9.55 Å². The van der Waals surface area contributed by atoms with Gasteiger partial charge < -0.3 is 4.90 Å². The van der Waals surface area contributed by atoms with E-state index in [0.29, 0.717) is 22.3 Å². The molecule has 1 aliphatic rings. The molecular formula is C25H19N3O2. The van der Waals surface area contributed by atoms with E-state index in [-0.39, 0.29) is 11.5 Å². The monoisotopic (exact) mass is 393 g/mol. The second kappa shape index (κ2) is 6.81. The van der Waals surface area contributed by atoms with Crippen molar-refractivity contribution in [2.24, 2.45) is 0 Å². The Balaban J connectivity index is 1.85. The minimum absolute atomic E-state index is 0.116. The van der Waals surface area contributed by atoms with Gasteiger partial charge in [0.25, 0.3) is 11.5 Å². The van der Waals surface area contributed by atoms with E-state index in [2.05, 4.69) is 0 Å². The van der Waals surface area contributed by atoms with Gasteiger partial charge in [-0.25, -0.2) is 4.98 Å². The topological polar surface area (TPSA) is 55.2 Å². The molecule has 0 fully saturated rings. The second-order valence-corrected chi connectivity index (χ2v) is 7.35. The summed E-state index contributed by atoms with van der Waals surface area (Å²) in [6.45, 7) is 1.96. The number of nitrogens with zero attached hydrogens (tertiary/aromatic N) is 3. The Morgan fingerprint density at radius 2 is 1.50 bits per heavy atom. The summed E-state index contributed by atoms with van der Waals surface area (Å²) in [5.41, 5.74) is 4.35. The number of aromatic nitrogens is 2. The number of rotatable bonds is 2. The lowest BCUT2D eigenvalue weighted by atomic mass is 10.1. The number of hydrogen-bond acceptors (Lipinski definition) is 3. The molecule has 1 aromatic heterocycles. The molecule has 30 heavy (non-hydrogen) atoms. The fourth-order valence-electron chi connectivity index (χ4n) is 3.96. The fourth-order valence-corrected chi connectivity index (χ4v) is 3.96. The van der Waals surface area contributed by atoms with Gasteiger partial charge in [-0.2, -0.15) is 0 Å². The largest absolute Gasteiger partial charge is 0.311 e. The van der Waals surface area contributed by atoms with E-state index >= 15 is 0 Å². The molecule has 0 saturated heterocycles. The van der Waals surface area contributed by atoms with E-state index in [1.165, 1.54) is 0 Å². The minimum Gasteiger partial charge on any atom is -0.311 e. The molecule has 0 aliphatic carbocycles. The summed E-state index contributed by atoms with van der Waals surface area (Å²) in [6, 6.07) is 22.6. The molecule has 0 atom stereocenters. The summed E-state index contributed by atoms with van der Waals surface area (Å²) in [7, 11) is 1.75. The van der Waals surface area contributed by atoms with Crippen LogP contribution in [0.15, 0.2) is 77.6 Å².